The maximum atomic E-state index is 12.7. The van der Waals surface area contributed by atoms with Crippen molar-refractivity contribution in [1.82, 2.24) is 10.2 Å². The van der Waals surface area contributed by atoms with Crippen molar-refractivity contribution in [3.05, 3.63) is 76.8 Å². The second-order valence-corrected chi connectivity index (χ2v) is 7.61. The predicted molar refractivity (Wildman–Crippen MR) is 108 cm³/mol. The molecular weight excluding hydrogens is 364 g/mol. The lowest BCUT2D eigenvalue weighted by molar-refractivity contribution is -0.128. The van der Waals surface area contributed by atoms with Crippen LogP contribution < -0.4 is 5.32 Å². The molecule has 3 aliphatic rings. The average Bonchev–Trinajstić information content (AvgIpc) is 3.05. The van der Waals surface area contributed by atoms with Gasteiger partial charge in [0.25, 0.3) is 11.8 Å². The zero-order valence-corrected chi connectivity index (χ0v) is 15.5. The minimum absolute atomic E-state index is 0.111. The van der Waals surface area contributed by atoms with Gasteiger partial charge in [-0.15, -0.1) is 18.3 Å². The Morgan fingerprint density at radius 1 is 1.31 bits per heavy atom. The topological polar surface area (TPSA) is 49.4 Å². The summed E-state index contributed by atoms with van der Waals surface area (Å²) in [5, 5.41) is 5.02. The molecule has 1 saturated heterocycles. The molecule has 2 unspecified atom stereocenters. The molecule has 0 aromatic heterocycles. The Bertz CT molecular complexity index is 929. The van der Waals surface area contributed by atoms with E-state index >= 15 is 0 Å². The predicted octanol–water partition coefficient (Wildman–Crippen LogP) is 3.36. The number of carbonyl (C=O) groups excluding carboxylic acids is 2. The molecule has 0 bridgehead atoms. The first-order valence-corrected chi connectivity index (χ1v) is 9.57. The minimum Gasteiger partial charge on any atom is -0.298 e. The van der Waals surface area contributed by atoms with Crippen LogP contribution in [0.1, 0.15) is 16.4 Å². The Labute approximate surface area is 161 Å². The van der Waals surface area contributed by atoms with Crippen LogP contribution in [0.25, 0.3) is 6.08 Å². The van der Waals surface area contributed by atoms with Crippen molar-refractivity contribution >= 4 is 47.0 Å². The van der Waals surface area contributed by atoms with Gasteiger partial charge in [-0.25, -0.2) is 0 Å². The van der Waals surface area contributed by atoms with Gasteiger partial charge in [0, 0.05) is 17.7 Å². The van der Waals surface area contributed by atoms with E-state index in [2.05, 4.69) is 36.2 Å². The van der Waals surface area contributed by atoms with Crippen molar-refractivity contribution in [3.63, 3.8) is 0 Å². The van der Waals surface area contributed by atoms with Gasteiger partial charge in [-0.05, 0) is 40.4 Å². The molecule has 2 amide bonds. The van der Waals surface area contributed by atoms with Crippen LogP contribution >= 0.6 is 24.0 Å². The maximum absolute atomic E-state index is 12.7. The lowest BCUT2D eigenvalue weighted by Gasteiger charge is -2.28. The molecule has 2 heterocycles. The van der Waals surface area contributed by atoms with E-state index < -0.39 is 5.91 Å². The summed E-state index contributed by atoms with van der Waals surface area (Å²) in [4.78, 5) is 26.4. The van der Waals surface area contributed by atoms with Crippen molar-refractivity contribution < 1.29 is 9.59 Å². The molecular formula is C20H16N2O2S2. The number of nitrogens with zero attached hydrogens (tertiary/aromatic N) is 1. The molecule has 1 aliphatic carbocycles. The third-order valence-electron chi connectivity index (χ3n) is 4.66. The molecule has 1 aromatic rings. The van der Waals surface area contributed by atoms with E-state index in [1.54, 1.807) is 23.9 Å². The van der Waals surface area contributed by atoms with Crippen LogP contribution in [-0.2, 0) is 9.59 Å². The summed E-state index contributed by atoms with van der Waals surface area (Å²) in [6, 6.07) is 8.31. The molecule has 1 fully saturated rings. The third-order valence-corrected chi connectivity index (χ3v) is 6.23. The van der Waals surface area contributed by atoms with Crippen molar-refractivity contribution in [2.75, 3.05) is 6.54 Å². The molecule has 1 aromatic carbocycles. The lowest BCUT2D eigenvalue weighted by Crippen LogP contribution is -2.54. The quantitative estimate of drug-likeness (QED) is 0.378. The first kappa shape index (κ1) is 17.0. The number of hydrogen-bond acceptors (Lipinski definition) is 4. The van der Waals surface area contributed by atoms with E-state index in [0.717, 1.165) is 5.57 Å². The maximum Gasteiger partial charge on any atom is 0.265 e. The van der Waals surface area contributed by atoms with E-state index in [-0.39, 0.29) is 34.3 Å². The molecule has 0 saturated carbocycles. The fourth-order valence-electron chi connectivity index (χ4n) is 3.38. The van der Waals surface area contributed by atoms with Gasteiger partial charge < -0.3 is 0 Å². The number of carbonyl (C=O) groups is 2. The first-order valence-electron chi connectivity index (χ1n) is 8.22. The number of rotatable bonds is 3. The van der Waals surface area contributed by atoms with E-state index in [9.17, 15) is 9.59 Å². The fourth-order valence-corrected chi connectivity index (χ4v) is 4.94. The molecule has 130 valence electrons. The van der Waals surface area contributed by atoms with Crippen LogP contribution in [0.2, 0.25) is 0 Å². The Balaban J connectivity index is 1.65. The van der Waals surface area contributed by atoms with Gasteiger partial charge in [0.1, 0.15) is 5.57 Å². The Hall–Kier alpha value is -2.44. The smallest absolute Gasteiger partial charge is 0.265 e. The highest BCUT2D eigenvalue weighted by Gasteiger charge is 2.36. The van der Waals surface area contributed by atoms with Crippen molar-refractivity contribution in [1.29, 1.82) is 0 Å². The van der Waals surface area contributed by atoms with Gasteiger partial charge in [0.15, 0.2) is 5.11 Å². The summed E-state index contributed by atoms with van der Waals surface area (Å²) in [7, 11) is 0. The summed E-state index contributed by atoms with van der Waals surface area (Å²) in [5.41, 5.74) is 3.58. The zero-order valence-electron chi connectivity index (χ0n) is 13.8. The van der Waals surface area contributed by atoms with E-state index in [1.807, 2.05) is 17.5 Å². The Morgan fingerprint density at radius 3 is 2.92 bits per heavy atom. The Morgan fingerprint density at radius 2 is 2.12 bits per heavy atom. The third kappa shape index (κ3) is 2.75. The zero-order chi connectivity index (χ0) is 18.3. The molecule has 2 aliphatic heterocycles. The van der Waals surface area contributed by atoms with Gasteiger partial charge in [0.05, 0.1) is 0 Å². The average molecular weight is 380 g/mol. The highest BCUT2D eigenvalue weighted by molar-refractivity contribution is 8.02. The highest BCUT2D eigenvalue weighted by Crippen LogP contribution is 2.51. The van der Waals surface area contributed by atoms with Crippen molar-refractivity contribution in [2.45, 2.75) is 5.25 Å². The molecule has 4 rings (SSSR count). The van der Waals surface area contributed by atoms with Gasteiger partial charge in [0.2, 0.25) is 0 Å². The first-order chi connectivity index (χ1) is 12.6. The number of thioether (sulfide) groups is 1. The molecule has 6 heteroatoms. The highest BCUT2D eigenvalue weighted by atomic mass is 32.2. The van der Waals surface area contributed by atoms with Crippen LogP contribution in [-0.4, -0.2) is 28.4 Å². The number of nitrogens with one attached hydrogen (secondary N) is 1. The van der Waals surface area contributed by atoms with Crippen LogP contribution in [0.15, 0.2) is 65.6 Å². The van der Waals surface area contributed by atoms with E-state index in [0.29, 0.717) is 0 Å². The number of fused-ring (bicyclic) bond motifs is 3. The van der Waals surface area contributed by atoms with E-state index in [1.165, 1.54) is 16.0 Å². The van der Waals surface area contributed by atoms with Crippen molar-refractivity contribution in [3.8, 4) is 0 Å². The van der Waals surface area contributed by atoms with Gasteiger partial charge in [-0.3, -0.25) is 19.8 Å². The molecule has 0 radical (unpaired) electrons. The number of benzene rings is 1. The number of amides is 2. The summed E-state index contributed by atoms with van der Waals surface area (Å²) >= 11 is 6.81. The second kappa shape index (κ2) is 6.70. The monoisotopic (exact) mass is 380 g/mol. The summed E-state index contributed by atoms with van der Waals surface area (Å²) in [5.74, 6) is -0.687. The Kier molecular flexibility index (Phi) is 4.38. The second-order valence-electron chi connectivity index (χ2n) is 6.21. The van der Waals surface area contributed by atoms with Gasteiger partial charge in [-0.1, -0.05) is 42.5 Å². The number of hydrogen-bond donors (Lipinski definition) is 1. The van der Waals surface area contributed by atoms with Crippen LogP contribution in [0, 0.1) is 5.92 Å². The van der Waals surface area contributed by atoms with Gasteiger partial charge in [-0.2, -0.15) is 0 Å². The fraction of sp³-hybridized carbons (Fsp3) is 0.150. The molecule has 0 spiro atoms. The van der Waals surface area contributed by atoms with Gasteiger partial charge >= 0.3 is 0 Å². The summed E-state index contributed by atoms with van der Waals surface area (Å²) < 4.78 is 0. The minimum atomic E-state index is -0.449. The van der Waals surface area contributed by atoms with Crippen LogP contribution in [0.4, 0.5) is 0 Å². The van der Waals surface area contributed by atoms with Crippen LogP contribution in [0.3, 0.4) is 0 Å². The molecule has 2 atom stereocenters. The number of thiocarbonyl (C=S) groups is 1. The largest absolute Gasteiger partial charge is 0.298 e. The summed E-state index contributed by atoms with van der Waals surface area (Å²) in [6.07, 6.45) is 7.54. The van der Waals surface area contributed by atoms with E-state index in [4.69, 9.17) is 12.2 Å². The molecule has 1 N–H and O–H groups in total. The van der Waals surface area contributed by atoms with Crippen LogP contribution in [0.5, 0.6) is 0 Å². The lowest BCUT2D eigenvalue weighted by atomic mass is 9.84. The van der Waals surface area contributed by atoms with Crippen molar-refractivity contribution in [2.24, 2.45) is 5.92 Å². The molecule has 26 heavy (non-hydrogen) atoms. The normalized spacial score (nSPS) is 25.7. The standard InChI is InChI=1S/C20H16N2O2S2/c1-2-9-22-19(24)16(18(23)21-20(22)25)10-13-11-26-17-14-6-4-3-5-12(14)7-8-15(13)17/h2-8,10-11,15,17H,1,9H2,(H,21,23,25)/b16-10+. The SMILES string of the molecule is C=CCN1C(=O)/C(=C/C2=CSC3c4ccccc4C=CC23)C(=O)NC1=S. The number of allylic oxidation sites excluding steroid dienone is 3. The summed E-state index contributed by atoms with van der Waals surface area (Å²) in [6.45, 7) is 3.90. The molecule has 4 nitrogen and oxygen atoms in total.